The Labute approximate surface area is 161 Å². The van der Waals surface area contributed by atoms with E-state index in [-0.39, 0.29) is 0 Å². The number of rotatable bonds is 5. The summed E-state index contributed by atoms with van der Waals surface area (Å²) in [5.74, 6) is 4.65. The van der Waals surface area contributed by atoms with E-state index in [9.17, 15) is 0 Å². The molecule has 1 aromatic heterocycles. The molecule has 2 fully saturated rings. The van der Waals surface area contributed by atoms with Crippen LogP contribution < -0.4 is 15.0 Å². The van der Waals surface area contributed by atoms with Gasteiger partial charge in [0.25, 0.3) is 0 Å². The minimum Gasteiger partial charge on any atom is -0.497 e. The quantitative estimate of drug-likeness (QED) is 0.858. The Hall–Kier alpha value is -2.30. The van der Waals surface area contributed by atoms with E-state index in [1.807, 2.05) is 0 Å². The van der Waals surface area contributed by atoms with Gasteiger partial charge in [-0.25, -0.2) is 9.97 Å². The zero-order valence-electron chi connectivity index (χ0n) is 16.1. The second-order valence-corrected chi connectivity index (χ2v) is 8.18. The monoisotopic (exact) mass is 364 g/mol. The molecule has 2 saturated carbocycles. The summed E-state index contributed by atoms with van der Waals surface area (Å²) in [5.41, 5.74) is 2.77. The maximum absolute atomic E-state index is 5.38. The van der Waals surface area contributed by atoms with Crippen LogP contribution in [-0.4, -0.2) is 29.7 Å². The molecule has 0 saturated heterocycles. The average Bonchev–Trinajstić information content (AvgIpc) is 3.44. The minimum absolute atomic E-state index is 0.565. The van der Waals surface area contributed by atoms with Crippen LogP contribution in [-0.2, 0) is 13.0 Å². The number of benzene rings is 1. The van der Waals surface area contributed by atoms with Crippen LogP contribution in [0.25, 0.3) is 0 Å². The predicted octanol–water partition coefficient (Wildman–Crippen LogP) is 4.28. The number of hydrogen-bond donors (Lipinski definition) is 1. The van der Waals surface area contributed by atoms with Crippen LogP contribution in [0.1, 0.15) is 61.4 Å². The molecular formula is C22H28N4O. The Balaban J connectivity index is 1.40. The van der Waals surface area contributed by atoms with E-state index < -0.39 is 0 Å². The van der Waals surface area contributed by atoms with E-state index in [0.29, 0.717) is 12.0 Å². The van der Waals surface area contributed by atoms with Crippen LogP contribution in [0, 0.1) is 0 Å². The number of aromatic nitrogens is 2. The molecule has 3 aliphatic rings. The van der Waals surface area contributed by atoms with Crippen molar-refractivity contribution in [3.63, 3.8) is 0 Å². The molecule has 0 radical (unpaired) electrons. The number of hydrogen-bond acceptors (Lipinski definition) is 5. The zero-order valence-corrected chi connectivity index (χ0v) is 16.1. The van der Waals surface area contributed by atoms with Crippen molar-refractivity contribution in [3.05, 3.63) is 41.2 Å². The highest BCUT2D eigenvalue weighted by molar-refractivity contribution is 5.53. The van der Waals surface area contributed by atoms with Crippen LogP contribution in [0.4, 0.5) is 11.6 Å². The van der Waals surface area contributed by atoms with Crippen LogP contribution in [0.5, 0.6) is 5.75 Å². The lowest BCUT2D eigenvalue weighted by Gasteiger charge is -2.30. The number of methoxy groups -OCH3 is 1. The van der Waals surface area contributed by atoms with Crippen LogP contribution >= 0.6 is 0 Å². The van der Waals surface area contributed by atoms with Gasteiger partial charge in [-0.2, -0.15) is 0 Å². The highest BCUT2D eigenvalue weighted by Gasteiger charge is 2.29. The molecule has 2 aliphatic carbocycles. The second kappa shape index (κ2) is 7.02. The van der Waals surface area contributed by atoms with Gasteiger partial charge in [-0.1, -0.05) is 18.9 Å². The summed E-state index contributed by atoms with van der Waals surface area (Å²) in [6.45, 7) is 1.90. The summed E-state index contributed by atoms with van der Waals surface area (Å²) >= 11 is 0. The third-order valence-corrected chi connectivity index (χ3v) is 6.13. The van der Waals surface area contributed by atoms with Crippen molar-refractivity contribution in [2.24, 2.45) is 0 Å². The van der Waals surface area contributed by atoms with Gasteiger partial charge < -0.3 is 15.0 Å². The van der Waals surface area contributed by atoms with Crippen molar-refractivity contribution in [2.75, 3.05) is 23.9 Å². The number of nitrogens with one attached hydrogen (secondary N) is 1. The van der Waals surface area contributed by atoms with E-state index in [4.69, 9.17) is 14.7 Å². The fourth-order valence-corrected chi connectivity index (χ4v) is 4.34. The molecule has 2 heterocycles. The summed E-state index contributed by atoms with van der Waals surface area (Å²) in [6.07, 6.45) is 8.67. The van der Waals surface area contributed by atoms with Gasteiger partial charge in [0.1, 0.15) is 23.2 Å². The summed E-state index contributed by atoms with van der Waals surface area (Å²) in [7, 11) is 1.73. The number of fused-ring (bicyclic) bond motifs is 1. The predicted molar refractivity (Wildman–Crippen MR) is 108 cm³/mol. The maximum atomic E-state index is 5.38. The molecule has 0 bridgehead atoms. The summed E-state index contributed by atoms with van der Waals surface area (Å²) in [4.78, 5) is 12.2. The average molecular weight is 364 g/mol. The van der Waals surface area contributed by atoms with Gasteiger partial charge in [-0.05, 0) is 55.4 Å². The fraction of sp³-hybridized carbons (Fsp3) is 0.545. The third-order valence-electron chi connectivity index (χ3n) is 6.13. The number of anilines is 2. The van der Waals surface area contributed by atoms with Crippen molar-refractivity contribution in [3.8, 4) is 5.75 Å². The molecule has 2 aromatic rings. The first-order valence-corrected chi connectivity index (χ1v) is 10.3. The maximum Gasteiger partial charge on any atom is 0.136 e. The van der Waals surface area contributed by atoms with E-state index in [0.717, 1.165) is 42.7 Å². The highest BCUT2D eigenvalue weighted by atomic mass is 16.5. The topological polar surface area (TPSA) is 50.3 Å². The molecular weight excluding hydrogens is 336 g/mol. The molecule has 5 heteroatoms. The smallest absolute Gasteiger partial charge is 0.136 e. The lowest BCUT2D eigenvalue weighted by Crippen LogP contribution is -2.31. The Morgan fingerprint density at radius 3 is 2.67 bits per heavy atom. The van der Waals surface area contributed by atoms with Crippen molar-refractivity contribution >= 4 is 11.6 Å². The summed E-state index contributed by atoms with van der Waals surface area (Å²) < 4.78 is 5.38. The van der Waals surface area contributed by atoms with Crippen LogP contribution in [0.3, 0.4) is 0 Å². The molecule has 142 valence electrons. The zero-order chi connectivity index (χ0) is 18.2. The van der Waals surface area contributed by atoms with Crippen molar-refractivity contribution in [1.82, 2.24) is 9.97 Å². The summed E-state index contributed by atoms with van der Waals surface area (Å²) in [5, 5.41) is 3.68. The van der Waals surface area contributed by atoms with Crippen molar-refractivity contribution in [1.29, 1.82) is 0 Å². The normalized spacial score (nSPS) is 19.8. The first-order chi connectivity index (χ1) is 13.3. The van der Waals surface area contributed by atoms with Gasteiger partial charge in [0.15, 0.2) is 0 Å². The lowest BCUT2D eigenvalue weighted by atomic mass is 9.99. The highest BCUT2D eigenvalue weighted by Crippen LogP contribution is 2.39. The largest absolute Gasteiger partial charge is 0.497 e. The molecule has 27 heavy (non-hydrogen) atoms. The first kappa shape index (κ1) is 16.8. The minimum atomic E-state index is 0.565. The Kier molecular flexibility index (Phi) is 4.38. The second-order valence-electron chi connectivity index (χ2n) is 8.18. The SMILES string of the molecule is COc1ccc2c(c1)CCN(c1cc(NC3CCCC3)nc(C3CC3)n1)C2. The van der Waals surface area contributed by atoms with E-state index in [2.05, 4.69) is 34.5 Å². The van der Waals surface area contributed by atoms with Gasteiger partial charge in [0, 0.05) is 31.1 Å². The van der Waals surface area contributed by atoms with Crippen LogP contribution in [0.15, 0.2) is 24.3 Å². The van der Waals surface area contributed by atoms with E-state index >= 15 is 0 Å². The number of nitrogens with zero attached hydrogens (tertiary/aromatic N) is 3. The van der Waals surface area contributed by atoms with E-state index in [1.54, 1.807) is 7.11 Å². The molecule has 0 spiro atoms. The Morgan fingerprint density at radius 2 is 1.89 bits per heavy atom. The van der Waals surface area contributed by atoms with Crippen molar-refractivity contribution < 1.29 is 4.74 Å². The molecule has 1 N–H and O–H groups in total. The molecule has 1 aliphatic heterocycles. The molecule has 5 rings (SSSR count). The van der Waals surface area contributed by atoms with E-state index in [1.165, 1.54) is 49.7 Å². The van der Waals surface area contributed by atoms with Crippen molar-refractivity contribution in [2.45, 2.75) is 63.5 Å². The molecule has 1 aromatic carbocycles. The van der Waals surface area contributed by atoms with Gasteiger partial charge in [-0.3, -0.25) is 0 Å². The lowest BCUT2D eigenvalue weighted by molar-refractivity contribution is 0.413. The van der Waals surface area contributed by atoms with Gasteiger partial charge in [0.05, 0.1) is 7.11 Å². The molecule has 0 unspecified atom stereocenters. The third kappa shape index (κ3) is 3.60. The Morgan fingerprint density at radius 1 is 1.04 bits per heavy atom. The standard InChI is InChI=1S/C22H28N4O/c1-27-19-9-8-17-14-26(11-10-16(17)12-19)21-13-20(23-18-4-2-3-5-18)24-22(25-21)15-6-7-15/h8-9,12-13,15,18H,2-7,10-11,14H2,1H3,(H,23,24,25). The Bertz CT molecular complexity index is 827. The van der Waals surface area contributed by atoms with Crippen LogP contribution in [0.2, 0.25) is 0 Å². The molecule has 5 nitrogen and oxygen atoms in total. The molecule has 0 amide bonds. The van der Waals surface area contributed by atoms with Gasteiger partial charge in [0.2, 0.25) is 0 Å². The van der Waals surface area contributed by atoms with Gasteiger partial charge >= 0.3 is 0 Å². The first-order valence-electron chi connectivity index (χ1n) is 10.3. The molecule has 0 atom stereocenters. The number of ether oxygens (including phenoxy) is 1. The summed E-state index contributed by atoms with van der Waals surface area (Å²) in [6, 6.07) is 9.18. The van der Waals surface area contributed by atoms with Gasteiger partial charge in [-0.15, -0.1) is 0 Å². The fourth-order valence-electron chi connectivity index (χ4n) is 4.34.